The molecule has 0 saturated heterocycles. The van der Waals surface area contributed by atoms with Crippen LogP contribution in [0.1, 0.15) is 43.4 Å². The van der Waals surface area contributed by atoms with Gasteiger partial charge in [0.1, 0.15) is 5.75 Å². The second-order valence-corrected chi connectivity index (χ2v) is 8.04. The molecule has 136 valence electrons. The van der Waals surface area contributed by atoms with Crippen molar-refractivity contribution < 1.29 is 5.11 Å². The number of anilines is 2. The Morgan fingerprint density at radius 2 is 1.92 bits per heavy atom. The highest BCUT2D eigenvalue weighted by Crippen LogP contribution is 2.51. The molecule has 2 N–H and O–H groups in total. The number of phenols is 1. The number of allylic oxidation sites excluding steroid dienone is 2. The zero-order valence-corrected chi connectivity index (χ0v) is 16.8. The number of benzene rings is 2. The lowest BCUT2D eigenvalue weighted by Crippen LogP contribution is -2.30. The average molecular weight is 413 g/mol. The molecule has 0 spiro atoms. The number of phenolic OH excluding ortho intramolecular Hbond substituents is 1. The van der Waals surface area contributed by atoms with E-state index in [1.807, 2.05) is 12.1 Å². The van der Waals surface area contributed by atoms with Crippen LogP contribution < -0.4 is 10.2 Å². The Hall–Kier alpha value is -1.94. The molecule has 3 atom stereocenters. The van der Waals surface area contributed by atoms with Crippen molar-refractivity contribution in [3.05, 3.63) is 64.1 Å². The Kier molecular flexibility index (Phi) is 4.70. The van der Waals surface area contributed by atoms with Crippen molar-refractivity contribution in [1.29, 1.82) is 0 Å². The molecule has 0 bridgehead atoms. The molecule has 26 heavy (non-hydrogen) atoms. The maximum Gasteiger partial charge on any atom is 0.120 e. The third-order valence-corrected chi connectivity index (χ3v) is 6.29. The zero-order chi connectivity index (χ0) is 18.3. The molecule has 0 amide bonds. The first-order chi connectivity index (χ1) is 12.6. The second-order valence-electron chi connectivity index (χ2n) is 7.12. The molecule has 4 rings (SSSR count). The van der Waals surface area contributed by atoms with E-state index in [0.717, 1.165) is 29.5 Å². The van der Waals surface area contributed by atoms with Gasteiger partial charge in [-0.05, 0) is 68.1 Å². The SMILES string of the molecule is CCN(CC)c1ccc2c(c1)C1C=CCC1C(c1cc(Br)ccc1O)N2. The Bertz CT molecular complexity index is 844. The molecule has 1 aliphatic carbocycles. The van der Waals surface area contributed by atoms with Gasteiger partial charge in [-0.15, -0.1) is 0 Å². The number of fused-ring (bicyclic) bond motifs is 3. The highest BCUT2D eigenvalue weighted by atomic mass is 79.9. The van der Waals surface area contributed by atoms with Crippen molar-refractivity contribution in [3.63, 3.8) is 0 Å². The normalized spacial score (nSPS) is 23.3. The monoisotopic (exact) mass is 412 g/mol. The van der Waals surface area contributed by atoms with E-state index in [2.05, 4.69) is 70.3 Å². The summed E-state index contributed by atoms with van der Waals surface area (Å²) < 4.78 is 0.997. The lowest BCUT2D eigenvalue weighted by Gasteiger charge is -2.38. The predicted octanol–water partition coefficient (Wildman–Crippen LogP) is 5.83. The Morgan fingerprint density at radius 1 is 1.12 bits per heavy atom. The third kappa shape index (κ3) is 2.90. The maximum atomic E-state index is 10.4. The Labute approximate surface area is 163 Å². The minimum absolute atomic E-state index is 0.110. The van der Waals surface area contributed by atoms with Gasteiger partial charge < -0.3 is 15.3 Å². The number of aromatic hydroxyl groups is 1. The van der Waals surface area contributed by atoms with E-state index < -0.39 is 0 Å². The summed E-state index contributed by atoms with van der Waals surface area (Å²) >= 11 is 3.55. The molecule has 2 aliphatic rings. The van der Waals surface area contributed by atoms with Crippen molar-refractivity contribution in [3.8, 4) is 5.75 Å². The molecule has 1 aliphatic heterocycles. The van der Waals surface area contributed by atoms with Crippen LogP contribution in [-0.2, 0) is 0 Å². The summed E-state index contributed by atoms with van der Waals surface area (Å²) in [7, 11) is 0. The summed E-state index contributed by atoms with van der Waals surface area (Å²) in [5, 5.41) is 14.2. The van der Waals surface area contributed by atoms with Gasteiger partial charge in [-0.2, -0.15) is 0 Å². The third-order valence-electron chi connectivity index (χ3n) is 5.80. The molecule has 0 fully saturated rings. The highest BCUT2D eigenvalue weighted by Gasteiger charge is 2.39. The Balaban J connectivity index is 1.76. The summed E-state index contributed by atoms with van der Waals surface area (Å²) in [5.74, 6) is 1.18. The average Bonchev–Trinajstić information content (AvgIpc) is 3.14. The van der Waals surface area contributed by atoms with Crippen LogP contribution in [0.2, 0.25) is 0 Å². The largest absolute Gasteiger partial charge is 0.508 e. The van der Waals surface area contributed by atoms with Crippen LogP contribution in [0.5, 0.6) is 5.75 Å². The summed E-state index contributed by atoms with van der Waals surface area (Å²) in [6.45, 7) is 6.43. The minimum atomic E-state index is 0.110. The van der Waals surface area contributed by atoms with Gasteiger partial charge >= 0.3 is 0 Å². The van der Waals surface area contributed by atoms with Crippen LogP contribution in [0.3, 0.4) is 0 Å². The molecule has 2 aromatic carbocycles. The molecule has 0 aromatic heterocycles. The molecule has 3 unspecified atom stereocenters. The summed E-state index contributed by atoms with van der Waals surface area (Å²) in [4.78, 5) is 2.39. The number of nitrogens with one attached hydrogen (secondary N) is 1. The van der Waals surface area contributed by atoms with Gasteiger partial charge in [0.25, 0.3) is 0 Å². The van der Waals surface area contributed by atoms with E-state index in [9.17, 15) is 5.11 Å². The molecular formula is C22H25BrN2O. The van der Waals surface area contributed by atoms with Crippen molar-refractivity contribution >= 4 is 27.3 Å². The Morgan fingerprint density at radius 3 is 2.69 bits per heavy atom. The number of rotatable bonds is 4. The fourth-order valence-corrected chi connectivity index (χ4v) is 4.83. The zero-order valence-electron chi connectivity index (χ0n) is 15.2. The second kappa shape index (κ2) is 6.99. The first-order valence-electron chi connectivity index (χ1n) is 9.42. The van der Waals surface area contributed by atoms with Crippen LogP contribution in [-0.4, -0.2) is 18.2 Å². The van der Waals surface area contributed by atoms with E-state index in [-0.39, 0.29) is 6.04 Å². The van der Waals surface area contributed by atoms with Gasteiger partial charge in [-0.25, -0.2) is 0 Å². The van der Waals surface area contributed by atoms with Crippen molar-refractivity contribution in [2.75, 3.05) is 23.3 Å². The van der Waals surface area contributed by atoms with Gasteiger partial charge in [0.05, 0.1) is 6.04 Å². The molecule has 1 heterocycles. The van der Waals surface area contributed by atoms with Crippen LogP contribution in [0.4, 0.5) is 11.4 Å². The van der Waals surface area contributed by atoms with E-state index in [1.165, 1.54) is 16.9 Å². The van der Waals surface area contributed by atoms with Gasteiger partial charge in [0, 0.05) is 40.4 Å². The van der Waals surface area contributed by atoms with Crippen molar-refractivity contribution in [2.24, 2.45) is 5.92 Å². The first kappa shape index (κ1) is 17.5. The summed E-state index contributed by atoms with van der Waals surface area (Å²) in [6.07, 6.45) is 5.67. The summed E-state index contributed by atoms with van der Waals surface area (Å²) in [5.41, 5.74) is 4.81. The lowest BCUT2D eigenvalue weighted by molar-refractivity contribution is 0.402. The van der Waals surface area contributed by atoms with Gasteiger partial charge in [0.15, 0.2) is 0 Å². The minimum Gasteiger partial charge on any atom is -0.508 e. The topological polar surface area (TPSA) is 35.5 Å². The van der Waals surface area contributed by atoms with E-state index in [0.29, 0.717) is 17.6 Å². The molecular weight excluding hydrogens is 388 g/mol. The fraction of sp³-hybridized carbons (Fsp3) is 0.364. The van der Waals surface area contributed by atoms with Gasteiger partial charge in [-0.3, -0.25) is 0 Å². The standard InChI is InChI=1S/C22H25BrN2O/c1-3-25(4-2)15-9-10-20-18(13-15)16-6-5-7-17(16)22(24-20)19-12-14(23)8-11-21(19)26/h5-6,8-13,16-17,22,24,26H,3-4,7H2,1-2H3. The predicted molar refractivity (Wildman–Crippen MR) is 112 cm³/mol. The number of nitrogens with zero attached hydrogens (tertiary/aromatic N) is 1. The lowest BCUT2D eigenvalue weighted by atomic mass is 9.76. The maximum absolute atomic E-state index is 10.4. The van der Waals surface area contributed by atoms with Crippen molar-refractivity contribution in [1.82, 2.24) is 0 Å². The molecule has 0 radical (unpaired) electrons. The highest BCUT2D eigenvalue weighted by molar-refractivity contribution is 9.10. The molecule has 4 heteroatoms. The number of halogens is 1. The molecule has 0 saturated carbocycles. The van der Waals surface area contributed by atoms with Gasteiger partial charge in [-0.1, -0.05) is 28.1 Å². The van der Waals surface area contributed by atoms with Crippen molar-refractivity contribution in [2.45, 2.75) is 32.2 Å². The van der Waals surface area contributed by atoms with Gasteiger partial charge in [0.2, 0.25) is 0 Å². The fourth-order valence-electron chi connectivity index (χ4n) is 4.45. The van der Waals surface area contributed by atoms with Crippen LogP contribution in [0.15, 0.2) is 53.0 Å². The smallest absolute Gasteiger partial charge is 0.120 e. The number of hydrogen-bond acceptors (Lipinski definition) is 3. The quantitative estimate of drug-likeness (QED) is 0.620. The number of hydrogen-bond donors (Lipinski definition) is 2. The van der Waals surface area contributed by atoms with E-state index >= 15 is 0 Å². The van der Waals surface area contributed by atoms with Crippen LogP contribution in [0.25, 0.3) is 0 Å². The van der Waals surface area contributed by atoms with E-state index in [4.69, 9.17) is 0 Å². The van der Waals surface area contributed by atoms with Crippen LogP contribution >= 0.6 is 15.9 Å². The van der Waals surface area contributed by atoms with E-state index in [1.54, 1.807) is 6.07 Å². The van der Waals surface area contributed by atoms with Crippen LogP contribution in [0, 0.1) is 5.92 Å². The first-order valence-corrected chi connectivity index (χ1v) is 10.2. The summed E-state index contributed by atoms with van der Waals surface area (Å²) in [6, 6.07) is 12.6. The molecule has 3 nitrogen and oxygen atoms in total. The molecule has 2 aromatic rings.